The maximum Gasteiger partial charge on any atom is 0.255 e. The number of carbonyl (C=O) groups is 1. The van der Waals surface area contributed by atoms with Gasteiger partial charge in [-0.15, -0.1) is 0 Å². The molecule has 0 radical (unpaired) electrons. The van der Waals surface area contributed by atoms with Gasteiger partial charge < -0.3 is 10.2 Å². The van der Waals surface area contributed by atoms with E-state index in [-0.39, 0.29) is 11.7 Å². The molecule has 1 amide bonds. The highest BCUT2D eigenvalue weighted by Crippen LogP contribution is 2.22. The lowest BCUT2D eigenvalue weighted by Gasteiger charge is -2.33. The van der Waals surface area contributed by atoms with E-state index in [9.17, 15) is 9.18 Å². The van der Waals surface area contributed by atoms with E-state index in [0.717, 1.165) is 37.9 Å². The van der Waals surface area contributed by atoms with Gasteiger partial charge >= 0.3 is 0 Å². The average molecular weight is 315 g/mol. The number of hydrogen-bond acceptors (Lipinski definition) is 3. The zero-order valence-corrected chi connectivity index (χ0v) is 13.6. The van der Waals surface area contributed by atoms with E-state index in [2.05, 4.69) is 10.3 Å². The highest BCUT2D eigenvalue weighted by molar-refractivity contribution is 5.98. The van der Waals surface area contributed by atoms with Crippen LogP contribution in [0.15, 0.2) is 24.3 Å². The summed E-state index contributed by atoms with van der Waals surface area (Å²) in [4.78, 5) is 19.2. The molecule has 1 N–H and O–H groups in total. The number of hydrogen-bond donors (Lipinski definition) is 1. The van der Waals surface area contributed by atoms with Gasteiger partial charge in [0.15, 0.2) is 0 Å². The predicted octanol–water partition coefficient (Wildman–Crippen LogP) is 2.75. The molecule has 0 bridgehead atoms. The number of pyridine rings is 1. The molecule has 0 spiro atoms. The highest BCUT2D eigenvalue weighted by atomic mass is 19.1. The summed E-state index contributed by atoms with van der Waals surface area (Å²) >= 11 is 0. The zero-order valence-electron chi connectivity index (χ0n) is 13.6. The third-order valence-corrected chi connectivity index (χ3v) is 4.50. The number of halogens is 1. The van der Waals surface area contributed by atoms with Crippen LogP contribution in [0.25, 0.3) is 10.9 Å². The lowest BCUT2D eigenvalue weighted by atomic mass is 9.97. The van der Waals surface area contributed by atoms with E-state index in [4.69, 9.17) is 0 Å². The topological polar surface area (TPSA) is 45.2 Å². The number of benzene rings is 1. The Bertz CT molecular complexity index is 730. The minimum atomic E-state index is -0.311. The molecule has 3 rings (SSSR count). The number of piperidine rings is 1. The van der Waals surface area contributed by atoms with Gasteiger partial charge in [-0.25, -0.2) is 4.39 Å². The lowest BCUT2D eigenvalue weighted by molar-refractivity contribution is 0.0673. The molecule has 0 saturated carbocycles. The molecule has 5 heteroatoms. The van der Waals surface area contributed by atoms with Crippen LogP contribution in [0.4, 0.5) is 4.39 Å². The van der Waals surface area contributed by atoms with E-state index in [1.165, 1.54) is 12.1 Å². The van der Waals surface area contributed by atoms with Gasteiger partial charge in [-0.05, 0) is 57.5 Å². The second-order valence-electron chi connectivity index (χ2n) is 6.28. The first-order chi connectivity index (χ1) is 11.1. The van der Waals surface area contributed by atoms with Crippen molar-refractivity contribution < 1.29 is 9.18 Å². The van der Waals surface area contributed by atoms with E-state index in [1.54, 1.807) is 6.07 Å². The average Bonchev–Trinajstić information content (AvgIpc) is 2.54. The fourth-order valence-corrected chi connectivity index (χ4v) is 3.33. The summed E-state index contributed by atoms with van der Waals surface area (Å²) in [5.74, 6) is 0.219. The lowest BCUT2D eigenvalue weighted by Crippen LogP contribution is -2.42. The number of likely N-dealkylation sites (tertiary alicyclic amines) is 1. The summed E-state index contributed by atoms with van der Waals surface area (Å²) in [5.41, 5.74) is 1.86. The van der Waals surface area contributed by atoms with Crippen LogP contribution in [0.5, 0.6) is 0 Å². The van der Waals surface area contributed by atoms with Crippen molar-refractivity contribution in [2.45, 2.75) is 19.8 Å². The number of amides is 1. The Labute approximate surface area is 135 Å². The Balaban J connectivity index is 1.88. The van der Waals surface area contributed by atoms with Crippen molar-refractivity contribution >= 4 is 16.8 Å². The molecule has 1 unspecified atom stereocenters. The van der Waals surface area contributed by atoms with Crippen LogP contribution < -0.4 is 5.32 Å². The molecule has 4 nitrogen and oxygen atoms in total. The molecular formula is C18H22FN3O. The molecule has 1 saturated heterocycles. The number of aryl methyl sites for hydroxylation is 1. The SMILES string of the molecule is CNCC1CCCN(C(=O)c2cc3ccc(F)cc3nc2C)C1. The standard InChI is InChI=1S/C18H22FN3O/c1-12-16(8-14-5-6-15(19)9-17(14)21-12)18(23)22-7-3-4-13(11-22)10-20-2/h5-6,8-9,13,20H,3-4,7,10-11H2,1-2H3. The van der Waals surface area contributed by atoms with E-state index >= 15 is 0 Å². The third kappa shape index (κ3) is 3.34. The van der Waals surface area contributed by atoms with Crippen LogP contribution in [-0.4, -0.2) is 42.5 Å². The van der Waals surface area contributed by atoms with Crippen molar-refractivity contribution in [3.63, 3.8) is 0 Å². The molecule has 1 aliphatic rings. The summed E-state index contributed by atoms with van der Waals surface area (Å²) in [6, 6.07) is 6.31. The number of aromatic nitrogens is 1. The van der Waals surface area contributed by atoms with E-state index < -0.39 is 0 Å². The molecule has 2 heterocycles. The molecular weight excluding hydrogens is 293 g/mol. The van der Waals surface area contributed by atoms with Gasteiger partial charge in [0.05, 0.1) is 16.8 Å². The van der Waals surface area contributed by atoms with Crippen LogP contribution in [0.2, 0.25) is 0 Å². The summed E-state index contributed by atoms with van der Waals surface area (Å²) < 4.78 is 13.3. The third-order valence-electron chi connectivity index (χ3n) is 4.50. The Morgan fingerprint density at radius 2 is 2.26 bits per heavy atom. The second kappa shape index (κ2) is 6.62. The van der Waals surface area contributed by atoms with Crippen molar-refractivity contribution in [2.75, 3.05) is 26.7 Å². The summed E-state index contributed by atoms with van der Waals surface area (Å²) in [6.45, 7) is 4.31. The Hall–Kier alpha value is -2.01. The van der Waals surface area contributed by atoms with Crippen molar-refractivity contribution in [1.82, 2.24) is 15.2 Å². The monoisotopic (exact) mass is 315 g/mol. The Morgan fingerprint density at radius 1 is 1.43 bits per heavy atom. The first-order valence-electron chi connectivity index (χ1n) is 8.09. The molecule has 1 fully saturated rings. The summed E-state index contributed by atoms with van der Waals surface area (Å²) in [5, 5.41) is 3.99. The Kier molecular flexibility index (Phi) is 4.57. The minimum absolute atomic E-state index is 0.0297. The molecule has 2 aromatic rings. The number of carbonyl (C=O) groups excluding carboxylic acids is 1. The zero-order chi connectivity index (χ0) is 16.4. The molecule has 1 aromatic heterocycles. The summed E-state index contributed by atoms with van der Waals surface area (Å²) in [7, 11) is 1.94. The largest absolute Gasteiger partial charge is 0.338 e. The normalized spacial score (nSPS) is 18.4. The predicted molar refractivity (Wildman–Crippen MR) is 89.0 cm³/mol. The van der Waals surface area contributed by atoms with E-state index in [1.807, 2.05) is 24.9 Å². The molecule has 0 aliphatic carbocycles. The van der Waals surface area contributed by atoms with Gasteiger partial charge in [0.25, 0.3) is 5.91 Å². The number of rotatable bonds is 3. The maximum absolute atomic E-state index is 13.3. The minimum Gasteiger partial charge on any atom is -0.338 e. The van der Waals surface area contributed by atoms with Crippen molar-refractivity contribution in [2.24, 2.45) is 5.92 Å². The van der Waals surface area contributed by atoms with Gasteiger partial charge in [-0.3, -0.25) is 9.78 Å². The fourth-order valence-electron chi connectivity index (χ4n) is 3.33. The highest BCUT2D eigenvalue weighted by Gasteiger charge is 2.25. The first-order valence-corrected chi connectivity index (χ1v) is 8.09. The molecule has 1 aliphatic heterocycles. The van der Waals surface area contributed by atoms with Gasteiger partial charge in [0.1, 0.15) is 5.82 Å². The molecule has 1 atom stereocenters. The smallest absolute Gasteiger partial charge is 0.255 e. The van der Waals surface area contributed by atoms with Crippen molar-refractivity contribution in [3.05, 3.63) is 41.3 Å². The van der Waals surface area contributed by atoms with E-state index in [0.29, 0.717) is 22.7 Å². The molecule has 23 heavy (non-hydrogen) atoms. The van der Waals surface area contributed by atoms with Gasteiger partial charge in [0, 0.05) is 24.5 Å². The maximum atomic E-state index is 13.3. The van der Waals surface area contributed by atoms with Gasteiger partial charge in [0.2, 0.25) is 0 Å². The number of nitrogens with zero attached hydrogens (tertiary/aromatic N) is 2. The van der Waals surface area contributed by atoms with Crippen molar-refractivity contribution in [1.29, 1.82) is 0 Å². The van der Waals surface area contributed by atoms with Gasteiger partial charge in [-0.2, -0.15) is 0 Å². The first kappa shape index (κ1) is 15.9. The number of nitrogens with one attached hydrogen (secondary N) is 1. The van der Waals surface area contributed by atoms with Crippen LogP contribution in [0.1, 0.15) is 28.9 Å². The molecule has 122 valence electrons. The fraction of sp³-hybridized carbons (Fsp3) is 0.444. The van der Waals surface area contributed by atoms with Crippen LogP contribution in [0.3, 0.4) is 0 Å². The second-order valence-corrected chi connectivity index (χ2v) is 6.28. The molecule has 1 aromatic carbocycles. The number of fused-ring (bicyclic) bond motifs is 1. The Morgan fingerprint density at radius 3 is 3.04 bits per heavy atom. The van der Waals surface area contributed by atoms with Crippen LogP contribution in [0, 0.1) is 18.7 Å². The van der Waals surface area contributed by atoms with Crippen LogP contribution in [-0.2, 0) is 0 Å². The quantitative estimate of drug-likeness (QED) is 0.947. The van der Waals surface area contributed by atoms with Crippen molar-refractivity contribution in [3.8, 4) is 0 Å². The van der Waals surface area contributed by atoms with Crippen LogP contribution >= 0.6 is 0 Å². The summed E-state index contributed by atoms with van der Waals surface area (Å²) in [6.07, 6.45) is 2.18. The van der Waals surface area contributed by atoms with Gasteiger partial charge in [-0.1, -0.05) is 0 Å².